The van der Waals surface area contributed by atoms with Gasteiger partial charge in [0, 0.05) is 18.2 Å². The summed E-state index contributed by atoms with van der Waals surface area (Å²) in [5.41, 5.74) is 1.47. The average Bonchev–Trinajstić information content (AvgIpc) is 3.14. The molecule has 0 saturated carbocycles. The summed E-state index contributed by atoms with van der Waals surface area (Å²) in [6.07, 6.45) is 0. The first kappa shape index (κ1) is 15.8. The van der Waals surface area contributed by atoms with Crippen LogP contribution in [0.15, 0.2) is 47.5 Å². The van der Waals surface area contributed by atoms with Crippen molar-refractivity contribution >= 4 is 11.5 Å². The van der Waals surface area contributed by atoms with E-state index in [-0.39, 0.29) is 12.3 Å². The summed E-state index contributed by atoms with van der Waals surface area (Å²) in [5, 5.41) is 14.3. The standard InChI is InChI=1S/C17H17N3O4/c1-23-16-10-12(17-18-8-9-19-17)6-7-15(16)24-11-13-4-2-3-5-14(13)20(21)22/h2-7,10H,8-9,11H2,1H3,(H,18,19). The molecule has 0 amide bonds. The lowest BCUT2D eigenvalue weighted by Gasteiger charge is -2.12. The average molecular weight is 327 g/mol. The molecule has 0 aromatic heterocycles. The Balaban J connectivity index is 1.79. The number of nitrogens with zero attached hydrogens (tertiary/aromatic N) is 2. The molecule has 0 aliphatic carbocycles. The molecule has 0 radical (unpaired) electrons. The van der Waals surface area contributed by atoms with Gasteiger partial charge in [-0.3, -0.25) is 15.1 Å². The summed E-state index contributed by atoms with van der Waals surface area (Å²) < 4.78 is 11.1. The van der Waals surface area contributed by atoms with Crippen molar-refractivity contribution in [3.63, 3.8) is 0 Å². The molecule has 1 aliphatic rings. The summed E-state index contributed by atoms with van der Waals surface area (Å²) in [7, 11) is 1.56. The number of hydrogen-bond acceptors (Lipinski definition) is 6. The van der Waals surface area contributed by atoms with Crippen LogP contribution in [0.2, 0.25) is 0 Å². The van der Waals surface area contributed by atoms with Gasteiger partial charge in [-0.15, -0.1) is 0 Å². The van der Waals surface area contributed by atoms with Crippen LogP contribution in [0.25, 0.3) is 0 Å². The molecule has 2 aromatic rings. The first-order valence-electron chi connectivity index (χ1n) is 7.51. The van der Waals surface area contributed by atoms with Crippen molar-refractivity contribution in [1.29, 1.82) is 0 Å². The number of ether oxygens (including phenoxy) is 2. The van der Waals surface area contributed by atoms with Crippen LogP contribution in [0.3, 0.4) is 0 Å². The van der Waals surface area contributed by atoms with Crippen molar-refractivity contribution in [2.75, 3.05) is 20.2 Å². The fourth-order valence-electron chi connectivity index (χ4n) is 2.49. The van der Waals surface area contributed by atoms with Crippen molar-refractivity contribution in [1.82, 2.24) is 5.32 Å². The molecule has 1 aliphatic heterocycles. The van der Waals surface area contributed by atoms with Crippen LogP contribution in [0.4, 0.5) is 5.69 Å². The number of methoxy groups -OCH3 is 1. The van der Waals surface area contributed by atoms with Gasteiger partial charge in [0.05, 0.1) is 24.1 Å². The Morgan fingerprint density at radius 2 is 2.08 bits per heavy atom. The second-order valence-electron chi connectivity index (χ2n) is 5.20. The molecule has 1 N–H and O–H groups in total. The largest absolute Gasteiger partial charge is 0.493 e. The van der Waals surface area contributed by atoms with Crippen molar-refractivity contribution < 1.29 is 14.4 Å². The molecule has 7 heteroatoms. The van der Waals surface area contributed by atoms with E-state index in [0.29, 0.717) is 17.1 Å². The number of aliphatic imine (C=N–C) groups is 1. The minimum Gasteiger partial charge on any atom is -0.493 e. The fourth-order valence-corrected chi connectivity index (χ4v) is 2.49. The summed E-state index contributed by atoms with van der Waals surface area (Å²) in [5.74, 6) is 1.92. The number of nitro groups is 1. The van der Waals surface area contributed by atoms with Gasteiger partial charge in [0.2, 0.25) is 0 Å². The highest BCUT2D eigenvalue weighted by molar-refractivity contribution is 6.00. The maximum Gasteiger partial charge on any atom is 0.276 e. The van der Waals surface area contributed by atoms with Gasteiger partial charge >= 0.3 is 0 Å². The predicted molar refractivity (Wildman–Crippen MR) is 89.8 cm³/mol. The Kier molecular flexibility index (Phi) is 4.60. The zero-order valence-corrected chi connectivity index (χ0v) is 13.2. The maximum absolute atomic E-state index is 11.1. The molecule has 24 heavy (non-hydrogen) atoms. The second kappa shape index (κ2) is 6.99. The molecule has 2 aromatic carbocycles. The van der Waals surface area contributed by atoms with Crippen LogP contribution in [-0.2, 0) is 6.61 Å². The monoisotopic (exact) mass is 327 g/mol. The third kappa shape index (κ3) is 3.29. The highest BCUT2D eigenvalue weighted by Crippen LogP contribution is 2.30. The van der Waals surface area contributed by atoms with E-state index in [2.05, 4.69) is 10.3 Å². The molecular weight excluding hydrogens is 310 g/mol. The molecule has 0 atom stereocenters. The van der Waals surface area contributed by atoms with E-state index >= 15 is 0 Å². The van der Waals surface area contributed by atoms with Crippen molar-refractivity contribution in [2.45, 2.75) is 6.61 Å². The first-order chi connectivity index (χ1) is 11.7. The van der Waals surface area contributed by atoms with Gasteiger partial charge in [-0.25, -0.2) is 0 Å². The lowest BCUT2D eigenvalue weighted by Crippen LogP contribution is -2.19. The van der Waals surface area contributed by atoms with E-state index in [1.165, 1.54) is 6.07 Å². The predicted octanol–water partition coefficient (Wildman–Crippen LogP) is 2.53. The number of hydrogen-bond donors (Lipinski definition) is 1. The number of amidine groups is 1. The third-order valence-electron chi connectivity index (χ3n) is 3.68. The summed E-state index contributed by atoms with van der Waals surface area (Å²) >= 11 is 0. The Bertz CT molecular complexity index is 789. The normalized spacial score (nSPS) is 13.1. The van der Waals surface area contributed by atoms with Gasteiger partial charge in [0.15, 0.2) is 11.5 Å². The molecule has 0 unspecified atom stereocenters. The minimum absolute atomic E-state index is 0.0394. The van der Waals surface area contributed by atoms with E-state index < -0.39 is 4.92 Å². The van der Waals surface area contributed by atoms with E-state index in [0.717, 1.165) is 24.5 Å². The minimum atomic E-state index is -0.414. The van der Waals surface area contributed by atoms with E-state index in [9.17, 15) is 10.1 Å². The Morgan fingerprint density at radius 3 is 2.79 bits per heavy atom. The zero-order chi connectivity index (χ0) is 16.9. The molecule has 0 spiro atoms. The topological polar surface area (TPSA) is 86.0 Å². The van der Waals surface area contributed by atoms with E-state index in [1.807, 2.05) is 12.1 Å². The lowest BCUT2D eigenvalue weighted by molar-refractivity contribution is -0.385. The Hall–Kier alpha value is -3.09. The van der Waals surface area contributed by atoms with Crippen molar-refractivity contribution in [3.8, 4) is 11.5 Å². The van der Waals surface area contributed by atoms with Gasteiger partial charge in [-0.1, -0.05) is 12.1 Å². The maximum atomic E-state index is 11.1. The molecule has 0 bridgehead atoms. The van der Waals surface area contributed by atoms with Gasteiger partial charge < -0.3 is 14.8 Å². The van der Waals surface area contributed by atoms with Crippen molar-refractivity contribution in [3.05, 3.63) is 63.7 Å². The van der Waals surface area contributed by atoms with Crippen molar-refractivity contribution in [2.24, 2.45) is 4.99 Å². The molecule has 1 heterocycles. The molecule has 7 nitrogen and oxygen atoms in total. The molecular formula is C17H17N3O4. The zero-order valence-electron chi connectivity index (χ0n) is 13.2. The number of benzene rings is 2. The Labute approximate surface area is 139 Å². The highest BCUT2D eigenvalue weighted by Gasteiger charge is 2.15. The van der Waals surface area contributed by atoms with Gasteiger partial charge in [-0.05, 0) is 24.3 Å². The van der Waals surface area contributed by atoms with Crippen LogP contribution < -0.4 is 14.8 Å². The third-order valence-corrected chi connectivity index (χ3v) is 3.68. The second-order valence-corrected chi connectivity index (χ2v) is 5.20. The molecule has 0 fully saturated rings. The number of nitro benzene ring substituents is 1. The fraction of sp³-hybridized carbons (Fsp3) is 0.235. The van der Waals surface area contributed by atoms with E-state index in [1.54, 1.807) is 31.4 Å². The first-order valence-corrected chi connectivity index (χ1v) is 7.51. The molecule has 0 saturated heterocycles. The quantitative estimate of drug-likeness (QED) is 0.651. The van der Waals surface area contributed by atoms with Gasteiger partial charge in [0.1, 0.15) is 12.4 Å². The summed E-state index contributed by atoms with van der Waals surface area (Å²) in [6.45, 7) is 1.67. The molecule has 124 valence electrons. The van der Waals surface area contributed by atoms with Crippen LogP contribution in [0.5, 0.6) is 11.5 Å². The SMILES string of the molecule is COc1cc(C2=NCCN2)ccc1OCc1ccccc1[N+](=O)[O-]. The number of nitrogens with one attached hydrogen (secondary N) is 1. The molecule has 3 rings (SSSR count). The van der Waals surface area contributed by atoms with Crippen LogP contribution in [0.1, 0.15) is 11.1 Å². The van der Waals surface area contributed by atoms with Crippen LogP contribution in [0, 0.1) is 10.1 Å². The van der Waals surface area contributed by atoms with Gasteiger partial charge in [0.25, 0.3) is 5.69 Å². The smallest absolute Gasteiger partial charge is 0.276 e. The lowest BCUT2D eigenvalue weighted by atomic mass is 10.1. The van der Waals surface area contributed by atoms with Gasteiger partial charge in [-0.2, -0.15) is 0 Å². The highest BCUT2D eigenvalue weighted by atomic mass is 16.6. The summed E-state index contributed by atoms with van der Waals surface area (Å²) in [4.78, 5) is 15.0. The van der Waals surface area contributed by atoms with E-state index in [4.69, 9.17) is 9.47 Å². The van der Waals surface area contributed by atoms with Crippen LogP contribution >= 0.6 is 0 Å². The number of para-hydroxylation sites is 1. The summed E-state index contributed by atoms with van der Waals surface area (Å²) in [6, 6.07) is 12.0. The number of rotatable bonds is 6. The van der Waals surface area contributed by atoms with Crippen LogP contribution in [-0.4, -0.2) is 31.0 Å². The Morgan fingerprint density at radius 1 is 1.25 bits per heavy atom.